The molecule has 0 amide bonds. The number of benzene rings is 1. The van der Waals surface area contributed by atoms with Crippen LogP contribution >= 0.6 is 11.6 Å². The van der Waals surface area contributed by atoms with E-state index in [1.807, 2.05) is 37.4 Å². The van der Waals surface area contributed by atoms with Crippen molar-refractivity contribution in [2.24, 2.45) is 0 Å². The molecule has 0 fully saturated rings. The van der Waals surface area contributed by atoms with E-state index in [1.165, 1.54) is 0 Å². The minimum absolute atomic E-state index is 0.763. The van der Waals surface area contributed by atoms with E-state index in [9.17, 15) is 0 Å². The van der Waals surface area contributed by atoms with Crippen molar-refractivity contribution < 1.29 is 0 Å². The zero-order chi connectivity index (χ0) is 11.4. The number of nitrogens with zero attached hydrogens (tertiary/aromatic N) is 1. The molecule has 0 unspecified atom stereocenters. The van der Waals surface area contributed by atoms with Gasteiger partial charge in [-0.15, -0.1) is 0 Å². The summed E-state index contributed by atoms with van der Waals surface area (Å²) in [4.78, 5) is 4.32. The Morgan fingerprint density at radius 3 is 2.81 bits per heavy atom. The number of aromatic nitrogens is 1. The summed E-state index contributed by atoms with van der Waals surface area (Å²) in [5, 5.41) is 3.88. The van der Waals surface area contributed by atoms with E-state index in [0.717, 1.165) is 28.4 Å². The van der Waals surface area contributed by atoms with Gasteiger partial charge in [0.1, 0.15) is 0 Å². The zero-order valence-electron chi connectivity index (χ0n) is 9.07. The molecule has 3 heteroatoms. The van der Waals surface area contributed by atoms with Gasteiger partial charge in [-0.1, -0.05) is 23.7 Å². The molecule has 0 saturated heterocycles. The lowest BCUT2D eigenvalue weighted by Gasteiger charge is -2.06. The summed E-state index contributed by atoms with van der Waals surface area (Å²) < 4.78 is 0. The molecule has 0 atom stereocenters. The molecule has 2 nitrogen and oxygen atoms in total. The lowest BCUT2D eigenvalue weighted by molar-refractivity contribution is 0.818. The highest BCUT2D eigenvalue weighted by Crippen LogP contribution is 2.23. The van der Waals surface area contributed by atoms with Gasteiger partial charge in [0.2, 0.25) is 0 Å². The van der Waals surface area contributed by atoms with Crippen molar-refractivity contribution in [2.45, 2.75) is 6.54 Å². The maximum absolute atomic E-state index is 6.10. The Morgan fingerprint density at radius 1 is 1.25 bits per heavy atom. The van der Waals surface area contributed by atoms with Gasteiger partial charge in [-0.05, 0) is 36.9 Å². The van der Waals surface area contributed by atoms with Crippen LogP contribution in [-0.4, -0.2) is 12.0 Å². The summed E-state index contributed by atoms with van der Waals surface area (Å²) in [6, 6.07) is 11.9. The third kappa shape index (κ3) is 2.40. The maximum Gasteiger partial charge on any atom is 0.0702 e. The van der Waals surface area contributed by atoms with Crippen molar-refractivity contribution in [1.29, 1.82) is 0 Å². The molecule has 0 radical (unpaired) electrons. The Bertz CT molecular complexity index is 469. The molecule has 82 valence electrons. The van der Waals surface area contributed by atoms with Crippen molar-refractivity contribution in [3.63, 3.8) is 0 Å². The fraction of sp³-hybridized carbons (Fsp3) is 0.154. The van der Waals surface area contributed by atoms with Crippen LogP contribution in [0.4, 0.5) is 0 Å². The first kappa shape index (κ1) is 11.1. The molecule has 0 aliphatic rings. The minimum atomic E-state index is 0.763. The summed E-state index contributed by atoms with van der Waals surface area (Å²) in [6.45, 7) is 0.763. The van der Waals surface area contributed by atoms with Crippen LogP contribution in [0.3, 0.4) is 0 Å². The number of pyridine rings is 1. The predicted molar refractivity (Wildman–Crippen MR) is 67.4 cm³/mol. The zero-order valence-corrected chi connectivity index (χ0v) is 9.83. The Hall–Kier alpha value is -1.38. The number of halogens is 1. The van der Waals surface area contributed by atoms with Gasteiger partial charge >= 0.3 is 0 Å². The van der Waals surface area contributed by atoms with Crippen LogP contribution in [-0.2, 0) is 6.54 Å². The Labute approximate surface area is 100 Å². The maximum atomic E-state index is 6.10. The van der Waals surface area contributed by atoms with E-state index < -0.39 is 0 Å². The van der Waals surface area contributed by atoms with E-state index in [2.05, 4.69) is 16.4 Å². The van der Waals surface area contributed by atoms with Crippen molar-refractivity contribution in [3.8, 4) is 11.3 Å². The molecule has 2 aromatic rings. The predicted octanol–water partition coefficient (Wildman–Crippen LogP) is 3.12. The van der Waals surface area contributed by atoms with Crippen molar-refractivity contribution in [1.82, 2.24) is 10.3 Å². The van der Waals surface area contributed by atoms with Gasteiger partial charge in [0, 0.05) is 23.3 Å². The molecule has 16 heavy (non-hydrogen) atoms. The summed E-state index contributed by atoms with van der Waals surface area (Å²) in [5.41, 5.74) is 3.15. The SMILES string of the molecule is CNCc1cc(-c2ccccn2)ccc1Cl. The molecule has 1 aromatic heterocycles. The Morgan fingerprint density at radius 2 is 2.12 bits per heavy atom. The molecule has 2 rings (SSSR count). The molecule has 0 spiro atoms. The second-order valence-electron chi connectivity index (χ2n) is 3.55. The van der Waals surface area contributed by atoms with Crippen molar-refractivity contribution in [3.05, 3.63) is 53.2 Å². The van der Waals surface area contributed by atoms with E-state index in [4.69, 9.17) is 11.6 Å². The minimum Gasteiger partial charge on any atom is -0.316 e. The third-order valence-corrected chi connectivity index (χ3v) is 2.74. The van der Waals surface area contributed by atoms with Gasteiger partial charge in [0.25, 0.3) is 0 Å². The van der Waals surface area contributed by atoms with Crippen LogP contribution < -0.4 is 5.32 Å². The van der Waals surface area contributed by atoms with Gasteiger partial charge in [-0.2, -0.15) is 0 Å². The average molecular weight is 233 g/mol. The lowest BCUT2D eigenvalue weighted by atomic mass is 10.1. The topological polar surface area (TPSA) is 24.9 Å². The van der Waals surface area contributed by atoms with Crippen molar-refractivity contribution in [2.75, 3.05) is 7.05 Å². The number of hydrogen-bond donors (Lipinski definition) is 1. The standard InChI is InChI=1S/C13H13ClN2/c1-15-9-11-8-10(5-6-12(11)14)13-4-2-3-7-16-13/h2-8,15H,9H2,1H3. The molecular formula is C13H13ClN2. The fourth-order valence-electron chi connectivity index (χ4n) is 1.59. The molecular weight excluding hydrogens is 220 g/mol. The highest BCUT2D eigenvalue weighted by Gasteiger charge is 2.03. The fourth-order valence-corrected chi connectivity index (χ4v) is 1.78. The van der Waals surface area contributed by atoms with Gasteiger partial charge in [0.15, 0.2) is 0 Å². The van der Waals surface area contributed by atoms with Gasteiger partial charge in [-0.25, -0.2) is 0 Å². The lowest BCUT2D eigenvalue weighted by Crippen LogP contribution is -2.05. The monoisotopic (exact) mass is 232 g/mol. The van der Waals surface area contributed by atoms with Crippen LogP contribution in [0.1, 0.15) is 5.56 Å². The van der Waals surface area contributed by atoms with Crippen LogP contribution in [0, 0.1) is 0 Å². The normalized spacial score (nSPS) is 10.4. The summed E-state index contributed by atoms with van der Waals surface area (Å²) >= 11 is 6.10. The first-order valence-electron chi connectivity index (χ1n) is 5.15. The molecule has 0 bridgehead atoms. The van der Waals surface area contributed by atoms with Gasteiger partial charge in [0.05, 0.1) is 5.69 Å². The first-order valence-corrected chi connectivity index (χ1v) is 5.53. The van der Waals surface area contributed by atoms with Crippen LogP contribution in [0.15, 0.2) is 42.6 Å². The number of hydrogen-bond acceptors (Lipinski definition) is 2. The Kier molecular flexibility index (Phi) is 3.54. The van der Waals surface area contributed by atoms with Crippen molar-refractivity contribution >= 4 is 11.6 Å². The largest absolute Gasteiger partial charge is 0.316 e. The van der Waals surface area contributed by atoms with Gasteiger partial charge < -0.3 is 5.32 Å². The van der Waals surface area contributed by atoms with Crippen LogP contribution in [0.5, 0.6) is 0 Å². The highest BCUT2D eigenvalue weighted by molar-refractivity contribution is 6.31. The second-order valence-corrected chi connectivity index (χ2v) is 3.96. The highest BCUT2D eigenvalue weighted by atomic mass is 35.5. The molecule has 1 aromatic carbocycles. The van der Waals surface area contributed by atoms with E-state index in [0.29, 0.717) is 0 Å². The molecule has 0 aliphatic heterocycles. The smallest absolute Gasteiger partial charge is 0.0702 e. The third-order valence-electron chi connectivity index (χ3n) is 2.37. The van der Waals surface area contributed by atoms with E-state index >= 15 is 0 Å². The molecule has 0 saturated carbocycles. The average Bonchev–Trinajstić information content (AvgIpc) is 2.33. The second kappa shape index (κ2) is 5.10. The molecule has 1 N–H and O–H groups in total. The first-order chi connectivity index (χ1) is 7.81. The van der Waals surface area contributed by atoms with Gasteiger partial charge in [-0.3, -0.25) is 4.98 Å². The van der Waals surface area contributed by atoms with Crippen LogP contribution in [0.25, 0.3) is 11.3 Å². The quantitative estimate of drug-likeness (QED) is 0.880. The van der Waals surface area contributed by atoms with E-state index in [-0.39, 0.29) is 0 Å². The number of nitrogens with one attached hydrogen (secondary N) is 1. The molecule has 1 heterocycles. The summed E-state index contributed by atoms with van der Waals surface area (Å²) in [5.74, 6) is 0. The summed E-state index contributed by atoms with van der Waals surface area (Å²) in [6.07, 6.45) is 1.79. The van der Waals surface area contributed by atoms with Crippen LogP contribution in [0.2, 0.25) is 5.02 Å². The Balaban J connectivity index is 2.40. The summed E-state index contributed by atoms with van der Waals surface area (Å²) in [7, 11) is 1.91. The molecule has 0 aliphatic carbocycles. The van der Waals surface area contributed by atoms with E-state index in [1.54, 1.807) is 6.20 Å². The number of rotatable bonds is 3.